The number of ketones is 1. The lowest BCUT2D eigenvalue weighted by atomic mass is 10.1. The third-order valence-corrected chi connectivity index (χ3v) is 2.96. The summed E-state index contributed by atoms with van der Waals surface area (Å²) < 4.78 is 5.53. The molecule has 1 aromatic rings. The Bertz CT molecular complexity index is 630. The minimum Gasteiger partial charge on any atom is -0.504 e. The summed E-state index contributed by atoms with van der Waals surface area (Å²) in [5, 5.41) is 9.54. The van der Waals surface area contributed by atoms with Gasteiger partial charge in [-0.1, -0.05) is 37.3 Å². The third kappa shape index (κ3) is 4.23. The number of carbonyl (C=O) groups is 1. The molecule has 0 unspecified atom stereocenters. The minimum atomic E-state index is -0.435. The first-order chi connectivity index (χ1) is 10.2. The quantitative estimate of drug-likeness (QED) is 0.839. The van der Waals surface area contributed by atoms with Crippen LogP contribution in [0.2, 0.25) is 0 Å². The molecule has 0 spiro atoms. The van der Waals surface area contributed by atoms with Gasteiger partial charge in [-0.2, -0.15) is 0 Å². The summed E-state index contributed by atoms with van der Waals surface area (Å²) in [6, 6.07) is 10.0. The topological polar surface area (TPSA) is 46.5 Å². The Balaban J connectivity index is 2.19. The van der Waals surface area contributed by atoms with E-state index in [0.717, 1.165) is 12.8 Å². The SMILES string of the molecule is CCCOC1=CC(=O)C(O)=CC1=C=CCc1ccccc1. The highest BCUT2D eigenvalue weighted by Gasteiger charge is 2.17. The molecule has 0 aliphatic heterocycles. The van der Waals surface area contributed by atoms with Crippen LogP contribution >= 0.6 is 0 Å². The molecule has 108 valence electrons. The molecule has 0 aromatic heterocycles. The maximum atomic E-state index is 11.5. The first-order valence-electron chi connectivity index (χ1n) is 6.99. The molecular formula is C18H18O3. The second kappa shape index (κ2) is 7.32. The molecule has 0 amide bonds. The Morgan fingerprint density at radius 1 is 1.24 bits per heavy atom. The number of ether oxygens (including phenoxy) is 1. The van der Waals surface area contributed by atoms with Gasteiger partial charge in [0.15, 0.2) is 5.76 Å². The molecule has 1 N–H and O–H groups in total. The van der Waals surface area contributed by atoms with Crippen molar-refractivity contribution in [1.82, 2.24) is 0 Å². The van der Waals surface area contributed by atoms with Gasteiger partial charge in [0, 0.05) is 12.2 Å². The highest BCUT2D eigenvalue weighted by atomic mass is 16.5. The molecule has 21 heavy (non-hydrogen) atoms. The molecule has 1 aliphatic carbocycles. The van der Waals surface area contributed by atoms with E-state index in [1.165, 1.54) is 17.7 Å². The van der Waals surface area contributed by atoms with E-state index < -0.39 is 5.78 Å². The van der Waals surface area contributed by atoms with Crippen LogP contribution in [0.5, 0.6) is 0 Å². The molecule has 1 aliphatic rings. The van der Waals surface area contributed by atoms with Crippen molar-refractivity contribution in [2.45, 2.75) is 19.8 Å². The predicted octanol–water partition coefficient (Wildman–Crippen LogP) is 3.65. The molecule has 3 nitrogen and oxygen atoms in total. The largest absolute Gasteiger partial charge is 0.504 e. The Kier molecular flexibility index (Phi) is 5.19. The fraction of sp³-hybridized carbons (Fsp3) is 0.222. The zero-order valence-corrected chi connectivity index (χ0v) is 12.0. The summed E-state index contributed by atoms with van der Waals surface area (Å²) in [7, 11) is 0. The third-order valence-electron chi connectivity index (χ3n) is 2.96. The van der Waals surface area contributed by atoms with Crippen molar-refractivity contribution in [3.05, 3.63) is 76.9 Å². The number of carbonyl (C=O) groups excluding carboxylic acids is 1. The van der Waals surface area contributed by atoms with Crippen LogP contribution in [0.1, 0.15) is 18.9 Å². The van der Waals surface area contributed by atoms with E-state index in [9.17, 15) is 9.90 Å². The second-order valence-electron chi connectivity index (χ2n) is 4.70. The zero-order valence-electron chi connectivity index (χ0n) is 12.0. The number of hydrogen-bond acceptors (Lipinski definition) is 3. The van der Waals surface area contributed by atoms with Crippen LogP contribution in [0.25, 0.3) is 0 Å². The fourth-order valence-electron chi connectivity index (χ4n) is 1.89. The van der Waals surface area contributed by atoms with Gasteiger partial charge >= 0.3 is 0 Å². The molecule has 0 fully saturated rings. The number of aliphatic hydroxyl groups is 1. The molecule has 0 saturated carbocycles. The smallest absolute Gasteiger partial charge is 0.223 e. The maximum Gasteiger partial charge on any atom is 0.223 e. The summed E-state index contributed by atoms with van der Waals surface area (Å²) >= 11 is 0. The minimum absolute atomic E-state index is 0.283. The van der Waals surface area contributed by atoms with Crippen LogP contribution < -0.4 is 0 Å². The van der Waals surface area contributed by atoms with Crippen LogP contribution in [-0.2, 0) is 16.0 Å². The normalized spacial score (nSPS) is 14.1. The van der Waals surface area contributed by atoms with Crippen LogP contribution in [0.15, 0.2) is 71.4 Å². The number of allylic oxidation sites excluding steroid dienone is 2. The Hall–Kier alpha value is -2.51. The van der Waals surface area contributed by atoms with Gasteiger partial charge in [0.1, 0.15) is 5.76 Å². The highest BCUT2D eigenvalue weighted by Crippen LogP contribution is 2.20. The molecule has 0 saturated heterocycles. The lowest BCUT2D eigenvalue weighted by Gasteiger charge is -2.12. The van der Waals surface area contributed by atoms with E-state index in [1.807, 2.05) is 43.3 Å². The van der Waals surface area contributed by atoms with E-state index in [2.05, 4.69) is 5.73 Å². The van der Waals surface area contributed by atoms with Crippen molar-refractivity contribution in [2.24, 2.45) is 0 Å². The van der Waals surface area contributed by atoms with Crippen molar-refractivity contribution >= 4 is 5.78 Å². The predicted molar refractivity (Wildman–Crippen MR) is 81.8 cm³/mol. The number of hydrogen-bond donors (Lipinski definition) is 1. The van der Waals surface area contributed by atoms with Crippen molar-refractivity contribution < 1.29 is 14.6 Å². The summed E-state index contributed by atoms with van der Waals surface area (Å²) in [6.45, 7) is 2.52. The van der Waals surface area contributed by atoms with Gasteiger partial charge in [0.25, 0.3) is 0 Å². The van der Waals surface area contributed by atoms with Crippen LogP contribution in [-0.4, -0.2) is 17.5 Å². The van der Waals surface area contributed by atoms with Gasteiger partial charge in [-0.3, -0.25) is 4.79 Å². The average molecular weight is 282 g/mol. The first kappa shape index (κ1) is 14.9. The van der Waals surface area contributed by atoms with E-state index in [1.54, 1.807) is 0 Å². The second-order valence-corrected chi connectivity index (χ2v) is 4.70. The Morgan fingerprint density at radius 2 is 2.00 bits per heavy atom. The molecule has 1 aromatic carbocycles. The van der Waals surface area contributed by atoms with Gasteiger partial charge < -0.3 is 9.84 Å². The van der Waals surface area contributed by atoms with Crippen LogP contribution in [0, 0.1) is 0 Å². The molecule has 0 bridgehead atoms. The summed E-state index contributed by atoms with van der Waals surface area (Å²) in [5.41, 5.74) is 4.86. The first-order valence-corrected chi connectivity index (χ1v) is 6.99. The van der Waals surface area contributed by atoms with Gasteiger partial charge in [0.05, 0.1) is 12.2 Å². The standard InChI is InChI=1S/C18H18O3/c1-2-11-21-18-13-17(20)16(19)12-15(18)10-6-9-14-7-4-3-5-8-14/h3-8,12-13,19H,2,9,11H2,1H3. The molecule has 0 radical (unpaired) electrons. The lowest BCUT2D eigenvalue weighted by molar-refractivity contribution is -0.113. The van der Waals surface area contributed by atoms with Crippen LogP contribution in [0.4, 0.5) is 0 Å². The molecule has 0 atom stereocenters. The number of benzene rings is 1. The number of rotatable bonds is 5. The molecule has 0 heterocycles. The maximum absolute atomic E-state index is 11.5. The average Bonchev–Trinajstić information content (AvgIpc) is 2.50. The summed E-state index contributed by atoms with van der Waals surface area (Å²) in [6.07, 6.45) is 6.15. The van der Waals surface area contributed by atoms with Gasteiger partial charge in [-0.25, -0.2) is 0 Å². The van der Waals surface area contributed by atoms with E-state index in [-0.39, 0.29) is 5.76 Å². The zero-order chi connectivity index (χ0) is 15.1. The van der Waals surface area contributed by atoms with Crippen molar-refractivity contribution in [2.75, 3.05) is 6.61 Å². The Morgan fingerprint density at radius 3 is 2.71 bits per heavy atom. The van der Waals surface area contributed by atoms with Crippen LogP contribution in [0.3, 0.4) is 0 Å². The van der Waals surface area contributed by atoms with E-state index in [4.69, 9.17) is 4.74 Å². The van der Waals surface area contributed by atoms with Gasteiger partial charge in [-0.15, -0.1) is 5.73 Å². The van der Waals surface area contributed by atoms with E-state index >= 15 is 0 Å². The summed E-state index contributed by atoms with van der Waals surface area (Å²) in [5.74, 6) is -0.256. The van der Waals surface area contributed by atoms with Crippen molar-refractivity contribution in [3.8, 4) is 0 Å². The number of aliphatic hydroxyl groups excluding tert-OH is 1. The van der Waals surface area contributed by atoms with Gasteiger partial charge in [0.2, 0.25) is 5.78 Å². The monoisotopic (exact) mass is 282 g/mol. The highest BCUT2D eigenvalue weighted by molar-refractivity contribution is 6.04. The fourth-order valence-corrected chi connectivity index (χ4v) is 1.89. The summed E-state index contributed by atoms with van der Waals surface area (Å²) in [4.78, 5) is 11.5. The van der Waals surface area contributed by atoms with Crippen molar-refractivity contribution in [3.63, 3.8) is 0 Å². The lowest BCUT2D eigenvalue weighted by Crippen LogP contribution is -2.09. The molecule has 3 heteroatoms. The molecule has 2 rings (SSSR count). The van der Waals surface area contributed by atoms with E-state index in [0.29, 0.717) is 17.9 Å². The Labute approximate surface area is 124 Å². The molecular weight excluding hydrogens is 264 g/mol. The van der Waals surface area contributed by atoms with Gasteiger partial charge in [-0.05, 0) is 24.5 Å². The van der Waals surface area contributed by atoms with Crippen molar-refractivity contribution in [1.29, 1.82) is 0 Å².